The first-order chi connectivity index (χ1) is 12.7. The summed E-state index contributed by atoms with van der Waals surface area (Å²) in [7, 11) is 0. The Balaban J connectivity index is 1.79. The summed E-state index contributed by atoms with van der Waals surface area (Å²) >= 11 is 8.05. The van der Waals surface area contributed by atoms with Crippen molar-refractivity contribution in [1.82, 2.24) is 19.2 Å². The van der Waals surface area contributed by atoms with Crippen molar-refractivity contribution in [2.24, 2.45) is 0 Å². The van der Waals surface area contributed by atoms with E-state index in [2.05, 4.69) is 17.0 Å². The molecule has 0 spiro atoms. The molecule has 5 nitrogen and oxygen atoms in total. The van der Waals surface area contributed by atoms with E-state index in [1.807, 2.05) is 47.0 Å². The Kier molecular flexibility index (Phi) is 4.72. The number of benzene rings is 1. The van der Waals surface area contributed by atoms with Crippen LogP contribution in [0, 0.1) is 0 Å². The minimum atomic E-state index is -0.957. The van der Waals surface area contributed by atoms with Gasteiger partial charge in [-0.2, -0.15) is 5.10 Å². The lowest BCUT2D eigenvalue weighted by molar-refractivity contribution is 0.207. The van der Waals surface area contributed by atoms with Crippen LogP contribution in [-0.4, -0.2) is 30.0 Å². The molecule has 3 aromatic heterocycles. The molecule has 1 N–H and O–H groups in total. The van der Waals surface area contributed by atoms with Gasteiger partial charge < -0.3 is 5.11 Å². The lowest BCUT2D eigenvalue weighted by Gasteiger charge is -2.15. The molecule has 132 valence electrons. The van der Waals surface area contributed by atoms with Crippen molar-refractivity contribution in [3.8, 4) is 5.69 Å². The number of aliphatic hydroxyl groups is 1. The van der Waals surface area contributed by atoms with Crippen molar-refractivity contribution >= 4 is 28.9 Å². The maximum Gasteiger partial charge on any atom is 0.172 e. The Morgan fingerprint density at radius 1 is 1.15 bits per heavy atom. The molecule has 0 fully saturated rings. The van der Waals surface area contributed by atoms with E-state index < -0.39 is 6.10 Å². The van der Waals surface area contributed by atoms with Crippen molar-refractivity contribution in [2.45, 2.75) is 18.2 Å². The first-order valence-electron chi connectivity index (χ1n) is 8.26. The highest BCUT2D eigenvalue weighted by Gasteiger charge is 2.22. The second-order valence-electron chi connectivity index (χ2n) is 5.72. The molecule has 0 aliphatic rings. The monoisotopic (exact) mass is 384 g/mol. The number of hydrogen-bond acceptors (Lipinski definition) is 4. The summed E-state index contributed by atoms with van der Waals surface area (Å²) in [5, 5.41) is 16.8. The van der Waals surface area contributed by atoms with E-state index in [1.54, 1.807) is 34.8 Å². The number of para-hydroxylation sites is 1. The van der Waals surface area contributed by atoms with E-state index in [0.717, 1.165) is 22.1 Å². The number of aliphatic hydroxyl groups excluding tert-OH is 1. The van der Waals surface area contributed by atoms with Crippen molar-refractivity contribution in [1.29, 1.82) is 0 Å². The third-order valence-corrected chi connectivity index (χ3v) is 5.24. The zero-order valence-corrected chi connectivity index (χ0v) is 15.7. The van der Waals surface area contributed by atoms with E-state index in [0.29, 0.717) is 16.4 Å². The van der Waals surface area contributed by atoms with Gasteiger partial charge in [0.1, 0.15) is 6.10 Å². The Hall–Kier alpha value is -2.28. The van der Waals surface area contributed by atoms with E-state index in [9.17, 15) is 5.11 Å². The molecule has 0 saturated heterocycles. The molecule has 4 aromatic rings. The van der Waals surface area contributed by atoms with Gasteiger partial charge in [-0.1, -0.05) is 48.5 Å². The van der Waals surface area contributed by atoms with Gasteiger partial charge in [-0.3, -0.25) is 4.40 Å². The van der Waals surface area contributed by atoms with Crippen molar-refractivity contribution < 1.29 is 5.11 Å². The molecule has 0 saturated carbocycles. The lowest BCUT2D eigenvalue weighted by Crippen LogP contribution is -2.09. The van der Waals surface area contributed by atoms with Crippen LogP contribution in [-0.2, 0) is 0 Å². The molecule has 0 bridgehead atoms. The molecule has 7 heteroatoms. The number of rotatable bonds is 5. The summed E-state index contributed by atoms with van der Waals surface area (Å²) < 4.78 is 3.64. The molecule has 0 aliphatic heterocycles. The highest BCUT2D eigenvalue weighted by molar-refractivity contribution is 7.99. The SMILES string of the molecule is CCSc1ncc2ccc(Cl)c(C(O)c3ccn(-c4ccccc4)n3)n12. The molecule has 0 amide bonds. The number of fused-ring (bicyclic) bond motifs is 1. The van der Waals surface area contributed by atoms with Crippen LogP contribution in [0.15, 0.2) is 66.1 Å². The van der Waals surface area contributed by atoms with Crippen molar-refractivity contribution in [3.05, 3.63) is 77.3 Å². The van der Waals surface area contributed by atoms with Crippen LogP contribution in [0.4, 0.5) is 0 Å². The predicted octanol–water partition coefficient (Wildman–Crippen LogP) is 4.37. The number of pyridine rings is 1. The summed E-state index contributed by atoms with van der Waals surface area (Å²) in [6, 6.07) is 15.3. The van der Waals surface area contributed by atoms with Gasteiger partial charge in [0.2, 0.25) is 0 Å². The fourth-order valence-electron chi connectivity index (χ4n) is 2.89. The molecule has 1 unspecified atom stereocenters. The van der Waals surface area contributed by atoms with E-state index in [4.69, 9.17) is 11.6 Å². The highest BCUT2D eigenvalue weighted by atomic mass is 35.5. The number of imidazole rings is 1. The number of aromatic nitrogens is 4. The average molecular weight is 385 g/mol. The van der Waals surface area contributed by atoms with Gasteiger partial charge in [0.05, 0.1) is 33.8 Å². The minimum Gasteiger partial charge on any atom is -0.380 e. The number of thioether (sulfide) groups is 1. The highest BCUT2D eigenvalue weighted by Crippen LogP contribution is 2.32. The van der Waals surface area contributed by atoms with Crippen LogP contribution >= 0.6 is 23.4 Å². The summed E-state index contributed by atoms with van der Waals surface area (Å²) in [6.45, 7) is 2.06. The summed E-state index contributed by atoms with van der Waals surface area (Å²) in [5.41, 5.74) is 2.93. The third kappa shape index (κ3) is 3.00. The van der Waals surface area contributed by atoms with Gasteiger partial charge in [-0.25, -0.2) is 9.67 Å². The molecule has 1 atom stereocenters. The summed E-state index contributed by atoms with van der Waals surface area (Å²) in [4.78, 5) is 4.45. The molecule has 0 aliphatic carbocycles. The quantitative estimate of drug-likeness (QED) is 0.519. The second-order valence-corrected chi connectivity index (χ2v) is 7.36. The first-order valence-corrected chi connectivity index (χ1v) is 9.63. The van der Waals surface area contributed by atoms with E-state index in [1.165, 1.54) is 0 Å². The van der Waals surface area contributed by atoms with Gasteiger partial charge in [0, 0.05) is 6.20 Å². The largest absolute Gasteiger partial charge is 0.380 e. The van der Waals surface area contributed by atoms with Crippen LogP contribution < -0.4 is 0 Å². The molecular weight excluding hydrogens is 368 g/mol. The Morgan fingerprint density at radius 3 is 2.73 bits per heavy atom. The number of nitrogens with zero attached hydrogens (tertiary/aromatic N) is 4. The van der Waals surface area contributed by atoms with Gasteiger partial charge in [0.15, 0.2) is 5.16 Å². The standard InChI is InChI=1S/C19H17ClN4OS/c1-2-26-19-21-12-14-8-9-15(20)17(24(14)19)18(25)16-10-11-23(22-16)13-6-4-3-5-7-13/h3-12,18,25H,2H2,1H3. The van der Waals surface area contributed by atoms with Gasteiger partial charge in [0.25, 0.3) is 0 Å². The normalized spacial score (nSPS) is 12.6. The van der Waals surface area contributed by atoms with Crippen molar-refractivity contribution in [3.63, 3.8) is 0 Å². The van der Waals surface area contributed by atoms with Crippen LogP contribution in [0.1, 0.15) is 24.4 Å². The second kappa shape index (κ2) is 7.15. The smallest absolute Gasteiger partial charge is 0.172 e. The number of hydrogen-bond donors (Lipinski definition) is 1. The first kappa shape index (κ1) is 17.1. The molecule has 4 rings (SSSR count). The molecule has 1 aromatic carbocycles. The molecule has 26 heavy (non-hydrogen) atoms. The fraction of sp³-hybridized carbons (Fsp3) is 0.158. The Morgan fingerprint density at radius 2 is 1.96 bits per heavy atom. The topological polar surface area (TPSA) is 55.4 Å². The zero-order chi connectivity index (χ0) is 18.1. The van der Waals surface area contributed by atoms with Crippen LogP contribution in [0.25, 0.3) is 11.2 Å². The number of halogens is 1. The maximum atomic E-state index is 11.0. The predicted molar refractivity (Wildman–Crippen MR) is 104 cm³/mol. The average Bonchev–Trinajstić information content (AvgIpc) is 3.30. The molecule has 3 heterocycles. The maximum absolute atomic E-state index is 11.0. The minimum absolute atomic E-state index is 0.482. The van der Waals surface area contributed by atoms with Crippen LogP contribution in [0.5, 0.6) is 0 Å². The van der Waals surface area contributed by atoms with Gasteiger partial charge in [-0.15, -0.1) is 0 Å². The summed E-state index contributed by atoms with van der Waals surface area (Å²) in [5.74, 6) is 0.879. The Bertz CT molecular complexity index is 1040. The summed E-state index contributed by atoms with van der Waals surface area (Å²) in [6.07, 6.45) is 2.66. The third-order valence-electron chi connectivity index (χ3n) is 4.09. The Labute approximate surface area is 160 Å². The van der Waals surface area contributed by atoms with E-state index in [-0.39, 0.29) is 0 Å². The van der Waals surface area contributed by atoms with Crippen molar-refractivity contribution in [2.75, 3.05) is 5.75 Å². The fourth-order valence-corrected chi connectivity index (χ4v) is 3.86. The zero-order valence-electron chi connectivity index (χ0n) is 14.1. The van der Waals surface area contributed by atoms with Crippen LogP contribution in [0.3, 0.4) is 0 Å². The molecular formula is C19H17ClN4OS. The van der Waals surface area contributed by atoms with Gasteiger partial charge >= 0.3 is 0 Å². The molecule has 0 radical (unpaired) electrons. The van der Waals surface area contributed by atoms with E-state index >= 15 is 0 Å². The lowest BCUT2D eigenvalue weighted by atomic mass is 10.1. The van der Waals surface area contributed by atoms with Crippen LogP contribution in [0.2, 0.25) is 5.02 Å². The van der Waals surface area contributed by atoms with Gasteiger partial charge in [-0.05, 0) is 36.1 Å².